The van der Waals surface area contributed by atoms with Crippen molar-refractivity contribution in [1.29, 1.82) is 0 Å². The lowest BCUT2D eigenvalue weighted by Crippen LogP contribution is -2.14. The number of aromatic nitrogens is 2. The zero-order valence-electron chi connectivity index (χ0n) is 10.4. The summed E-state index contributed by atoms with van der Waals surface area (Å²) < 4.78 is 28.9. The maximum absolute atomic E-state index is 11.6. The molecule has 1 aliphatic rings. The van der Waals surface area contributed by atoms with Gasteiger partial charge < -0.3 is 10.1 Å². The summed E-state index contributed by atoms with van der Waals surface area (Å²) in [6.07, 6.45) is 1.93. The monoisotopic (exact) mass is 279 g/mol. The third-order valence-corrected chi connectivity index (χ3v) is 3.71. The predicted octanol–water partition coefficient (Wildman–Crippen LogP) is 1.23. The summed E-state index contributed by atoms with van der Waals surface area (Å²) in [4.78, 5) is 8.22. The van der Waals surface area contributed by atoms with E-state index in [1.165, 1.54) is 0 Å². The molecule has 0 unspecified atom stereocenters. The SMILES string of the molecule is CS(=O)(=O)c1nc2c3c(cccc3n1)OCCCN2. The highest BCUT2D eigenvalue weighted by atomic mass is 32.2. The van der Waals surface area contributed by atoms with Gasteiger partial charge in [-0.3, -0.25) is 0 Å². The van der Waals surface area contributed by atoms with E-state index in [1.807, 2.05) is 6.07 Å². The lowest BCUT2D eigenvalue weighted by Gasteiger charge is -2.17. The second-order valence-corrected chi connectivity index (χ2v) is 6.32. The highest BCUT2D eigenvalue weighted by molar-refractivity contribution is 7.90. The van der Waals surface area contributed by atoms with Crippen LogP contribution in [0.15, 0.2) is 23.4 Å². The molecule has 1 aromatic carbocycles. The molecule has 0 atom stereocenters. The van der Waals surface area contributed by atoms with E-state index in [1.54, 1.807) is 12.1 Å². The van der Waals surface area contributed by atoms with Crippen molar-refractivity contribution in [3.05, 3.63) is 18.2 Å². The van der Waals surface area contributed by atoms with E-state index in [4.69, 9.17) is 4.74 Å². The second kappa shape index (κ2) is 4.34. The van der Waals surface area contributed by atoms with Crippen molar-refractivity contribution in [2.24, 2.45) is 0 Å². The molecule has 0 saturated heterocycles. The highest BCUT2D eigenvalue weighted by Crippen LogP contribution is 2.32. The molecular formula is C12H13N3O3S. The molecular weight excluding hydrogens is 266 g/mol. The van der Waals surface area contributed by atoms with E-state index in [9.17, 15) is 8.42 Å². The van der Waals surface area contributed by atoms with Gasteiger partial charge in [0.05, 0.1) is 17.5 Å². The fourth-order valence-corrected chi connectivity index (χ4v) is 2.53. The lowest BCUT2D eigenvalue weighted by atomic mass is 10.2. The topological polar surface area (TPSA) is 81.2 Å². The van der Waals surface area contributed by atoms with Crippen LogP contribution in [-0.2, 0) is 9.84 Å². The van der Waals surface area contributed by atoms with Crippen molar-refractivity contribution in [2.45, 2.75) is 11.6 Å². The van der Waals surface area contributed by atoms with Gasteiger partial charge in [-0.05, 0) is 18.6 Å². The normalized spacial score (nSPS) is 15.2. The van der Waals surface area contributed by atoms with Crippen LogP contribution in [0, 0.1) is 0 Å². The number of nitrogens with one attached hydrogen (secondary N) is 1. The quantitative estimate of drug-likeness (QED) is 0.791. The van der Waals surface area contributed by atoms with E-state index >= 15 is 0 Å². The lowest BCUT2D eigenvalue weighted by molar-refractivity contribution is 0.317. The van der Waals surface area contributed by atoms with Crippen molar-refractivity contribution in [3.63, 3.8) is 0 Å². The number of nitrogens with zero attached hydrogens (tertiary/aromatic N) is 2. The Kier molecular flexibility index (Phi) is 2.78. The average molecular weight is 279 g/mol. The van der Waals surface area contributed by atoms with Crippen LogP contribution in [0.4, 0.5) is 5.82 Å². The fraction of sp³-hybridized carbons (Fsp3) is 0.333. The van der Waals surface area contributed by atoms with Crippen molar-refractivity contribution >= 4 is 26.6 Å². The van der Waals surface area contributed by atoms with Gasteiger partial charge in [0.1, 0.15) is 11.6 Å². The van der Waals surface area contributed by atoms with Crippen LogP contribution in [0.5, 0.6) is 5.75 Å². The minimum Gasteiger partial charge on any atom is -0.493 e. The smallest absolute Gasteiger partial charge is 0.249 e. The molecule has 2 heterocycles. The van der Waals surface area contributed by atoms with Crippen LogP contribution in [0.2, 0.25) is 0 Å². The van der Waals surface area contributed by atoms with Crippen LogP contribution in [-0.4, -0.2) is 37.8 Å². The Bertz CT molecular complexity index is 743. The molecule has 6 nitrogen and oxygen atoms in total. The van der Waals surface area contributed by atoms with E-state index in [0.717, 1.165) is 18.1 Å². The van der Waals surface area contributed by atoms with Crippen LogP contribution < -0.4 is 10.1 Å². The van der Waals surface area contributed by atoms with Gasteiger partial charge >= 0.3 is 0 Å². The first-order valence-electron chi connectivity index (χ1n) is 5.93. The summed E-state index contributed by atoms with van der Waals surface area (Å²) >= 11 is 0. The molecule has 0 spiro atoms. The number of anilines is 1. The molecule has 1 aromatic heterocycles. The molecule has 19 heavy (non-hydrogen) atoms. The van der Waals surface area contributed by atoms with Crippen molar-refractivity contribution in [2.75, 3.05) is 24.7 Å². The van der Waals surface area contributed by atoms with Gasteiger partial charge in [-0.1, -0.05) is 6.07 Å². The zero-order valence-corrected chi connectivity index (χ0v) is 11.2. The Morgan fingerprint density at radius 1 is 1.32 bits per heavy atom. The molecule has 0 aliphatic carbocycles. The van der Waals surface area contributed by atoms with Crippen LogP contribution in [0.25, 0.3) is 10.9 Å². The maximum atomic E-state index is 11.6. The summed E-state index contributed by atoms with van der Waals surface area (Å²) in [5.41, 5.74) is 0.567. The molecule has 0 amide bonds. The van der Waals surface area contributed by atoms with Gasteiger partial charge in [0.2, 0.25) is 15.0 Å². The molecule has 1 aliphatic heterocycles. The van der Waals surface area contributed by atoms with E-state index < -0.39 is 9.84 Å². The van der Waals surface area contributed by atoms with Gasteiger partial charge in [-0.2, -0.15) is 0 Å². The van der Waals surface area contributed by atoms with Crippen LogP contribution in [0.1, 0.15) is 6.42 Å². The number of rotatable bonds is 1. The van der Waals surface area contributed by atoms with E-state index in [-0.39, 0.29) is 5.16 Å². The Morgan fingerprint density at radius 2 is 2.16 bits per heavy atom. The van der Waals surface area contributed by atoms with Gasteiger partial charge in [-0.15, -0.1) is 0 Å². The summed E-state index contributed by atoms with van der Waals surface area (Å²) in [6.45, 7) is 1.29. The first-order chi connectivity index (χ1) is 9.05. The van der Waals surface area contributed by atoms with Gasteiger partial charge in [0, 0.05) is 12.8 Å². The third-order valence-electron chi connectivity index (χ3n) is 2.87. The largest absolute Gasteiger partial charge is 0.493 e. The fourth-order valence-electron chi connectivity index (χ4n) is 2.01. The highest BCUT2D eigenvalue weighted by Gasteiger charge is 2.18. The summed E-state index contributed by atoms with van der Waals surface area (Å²) in [5, 5.41) is 3.71. The number of sulfone groups is 1. The minimum absolute atomic E-state index is 0.166. The first kappa shape index (κ1) is 12.2. The van der Waals surface area contributed by atoms with Gasteiger partial charge in [-0.25, -0.2) is 18.4 Å². The molecule has 7 heteroatoms. The summed E-state index contributed by atoms with van der Waals surface area (Å²) in [7, 11) is -3.44. The number of hydrogen-bond donors (Lipinski definition) is 1. The first-order valence-corrected chi connectivity index (χ1v) is 7.82. The molecule has 0 radical (unpaired) electrons. The van der Waals surface area contributed by atoms with Crippen LogP contribution >= 0.6 is 0 Å². The molecule has 0 bridgehead atoms. The van der Waals surface area contributed by atoms with Crippen molar-refractivity contribution in [1.82, 2.24) is 9.97 Å². The van der Waals surface area contributed by atoms with E-state index in [2.05, 4.69) is 15.3 Å². The standard InChI is InChI=1S/C12H13N3O3S/c1-19(16,17)12-14-8-4-2-5-9-10(8)11(15-12)13-6-3-7-18-9/h2,4-5H,3,6-7H2,1H3,(H,13,14,15). The summed E-state index contributed by atoms with van der Waals surface area (Å²) in [5.74, 6) is 1.19. The van der Waals surface area contributed by atoms with Crippen molar-refractivity contribution < 1.29 is 13.2 Å². The zero-order chi connectivity index (χ0) is 13.5. The Balaban J connectivity index is 2.35. The molecule has 1 N–H and O–H groups in total. The number of hydrogen-bond acceptors (Lipinski definition) is 6. The molecule has 0 fully saturated rings. The Labute approximate surface area is 110 Å². The summed E-state index contributed by atoms with van der Waals surface area (Å²) in [6, 6.07) is 5.38. The third kappa shape index (κ3) is 2.21. The molecule has 0 saturated carbocycles. The average Bonchev–Trinajstić information content (AvgIpc) is 2.33. The second-order valence-electron chi connectivity index (χ2n) is 4.41. The molecule has 3 rings (SSSR count). The van der Waals surface area contributed by atoms with Crippen LogP contribution in [0.3, 0.4) is 0 Å². The molecule has 100 valence electrons. The maximum Gasteiger partial charge on any atom is 0.249 e. The molecule has 2 aromatic rings. The van der Waals surface area contributed by atoms with Gasteiger partial charge in [0.25, 0.3) is 0 Å². The Morgan fingerprint density at radius 3 is 2.95 bits per heavy atom. The number of benzene rings is 1. The Hall–Kier alpha value is -1.89. The number of ether oxygens (including phenoxy) is 1. The minimum atomic E-state index is -3.44. The van der Waals surface area contributed by atoms with Crippen molar-refractivity contribution in [3.8, 4) is 5.75 Å². The van der Waals surface area contributed by atoms with Gasteiger partial charge in [0.15, 0.2) is 0 Å². The predicted molar refractivity (Wildman–Crippen MR) is 71.2 cm³/mol. The van der Waals surface area contributed by atoms with E-state index in [0.29, 0.717) is 30.2 Å².